The maximum atomic E-state index is 5.60. The van der Waals surface area contributed by atoms with E-state index in [0.29, 0.717) is 0 Å². The number of benzene rings is 1. The summed E-state index contributed by atoms with van der Waals surface area (Å²) < 4.78 is 2.86. The van der Waals surface area contributed by atoms with Crippen molar-refractivity contribution < 1.29 is 0 Å². The smallest absolute Gasteiger partial charge is 0.0538 e. The SMILES string of the molecule is Cn1cc(C(Cc2ccc(Br)cc2)NN)cn1. The Morgan fingerprint density at radius 2 is 2.12 bits per heavy atom. The predicted molar refractivity (Wildman–Crippen MR) is 71.1 cm³/mol. The van der Waals surface area contributed by atoms with Gasteiger partial charge >= 0.3 is 0 Å². The second-order valence-corrected chi connectivity index (χ2v) is 4.91. The van der Waals surface area contributed by atoms with E-state index in [9.17, 15) is 0 Å². The fraction of sp³-hybridized carbons (Fsp3) is 0.250. The van der Waals surface area contributed by atoms with Gasteiger partial charge in [0.25, 0.3) is 0 Å². The number of aromatic nitrogens is 2. The third-order valence-electron chi connectivity index (χ3n) is 2.68. The number of hydrogen-bond donors (Lipinski definition) is 2. The zero-order valence-electron chi connectivity index (χ0n) is 9.60. The van der Waals surface area contributed by atoms with E-state index < -0.39 is 0 Å². The highest BCUT2D eigenvalue weighted by atomic mass is 79.9. The fourth-order valence-electron chi connectivity index (χ4n) is 1.75. The molecular weight excluding hydrogens is 280 g/mol. The Labute approximate surface area is 109 Å². The molecule has 0 amide bonds. The van der Waals surface area contributed by atoms with Gasteiger partial charge in [-0.3, -0.25) is 16.0 Å². The zero-order valence-corrected chi connectivity index (χ0v) is 11.2. The maximum absolute atomic E-state index is 5.60. The van der Waals surface area contributed by atoms with E-state index in [2.05, 4.69) is 38.6 Å². The van der Waals surface area contributed by atoms with Crippen LogP contribution in [0.2, 0.25) is 0 Å². The molecule has 1 aromatic heterocycles. The van der Waals surface area contributed by atoms with Crippen LogP contribution in [0.1, 0.15) is 17.2 Å². The molecule has 0 saturated carbocycles. The minimum Gasteiger partial charge on any atom is -0.275 e. The Hall–Kier alpha value is -1.17. The lowest BCUT2D eigenvalue weighted by molar-refractivity contribution is 0.551. The Morgan fingerprint density at radius 3 is 2.65 bits per heavy atom. The minimum atomic E-state index is 0.0878. The molecule has 0 fully saturated rings. The first kappa shape index (κ1) is 12.3. The number of rotatable bonds is 4. The predicted octanol–water partition coefficient (Wildman–Crippen LogP) is 1.93. The monoisotopic (exact) mass is 294 g/mol. The molecule has 0 radical (unpaired) electrons. The van der Waals surface area contributed by atoms with Crippen molar-refractivity contribution >= 4 is 15.9 Å². The molecule has 1 heterocycles. The van der Waals surface area contributed by atoms with Crippen molar-refractivity contribution in [2.45, 2.75) is 12.5 Å². The number of halogens is 1. The molecule has 4 nitrogen and oxygen atoms in total. The number of hydrogen-bond acceptors (Lipinski definition) is 3. The molecule has 1 unspecified atom stereocenters. The summed E-state index contributed by atoms with van der Waals surface area (Å²) in [5.74, 6) is 5.60. The molecule has 2 rings (SSSR count). The van der Waals surface area contributed by atoms with Crippen molar-refractivity contribution in [1.82, 2.24) is 15.2 Å². The van der Waals surface area contributed by atoms with Gasteiger partial charge in [0.05, 0.1) is 12.2 Å². The van der Waals surface area contributed by atoms with Gasteiger partial charge in [-0.1, -0.05) is 28.1 Å². The van der Waals surface area contributed by atoms with Crippen LogP contribution in [0, 0.1) is 0 Å². The molecule has 90 valence electrons. The quantitative estimate of drug-likeness (QED) is 0.669. The Morgan fingerprint density at radius 1 is 1.41 bits per heavy atom. The second kappa shape index (κ2) is 5.44. The first-order valence-corrected chi connectivity index (χ1v) is 6.17. The number of nitrogens with one attached hydrogen (secondary N) is 1. The number of nitrogens with zero attached hydrogens (tertiary/aromatic N) is 2. The van der Waals surface area contributed by atoms with E-state index in [0.717, 1.165) is 16.5 Å². The maximum Gasteiger partial charge on any atom is 0.0538 e. The fourth-order valence-corrected chi connectivity index (χ4v) is 2.01. The molecule has 0 aliphatic carbocycles. The normalized spacial score (nSPS) is 12.6. The van der Waals surface area contributed by atoms with Gasteiger partial charge in [0.15, 0.2) is 0 Å². The summed E-state index contributed by atoms with van der Waals surface area (Å²) in [4.78, 5) is 0. The number of aryl methyl sites for hydroxylation is 1. The van der Waals surface area contributed by atoms with Gasteiger partial charge in [-0.05, 0) is 24.1 Å². The van der Waals surface area contributed by atoms with Gasteiger partial charge in [0.2, 0.25) is 0 Å². The van der Waals surface area contributed by atoms with Gasteiger partial charge in [0.1, 0.15) is 0 Å². The van der Waals surface area contributed by atoms with Crippen molar-refractivity contribution in [3.8, 4) is 0 Å². The van der Waals surface area contributed by atoms with Gasteiger partial charge < -0.3 is 0 Å². The van der Waals surface area contributed by atoms with Crippen LogP contribution in [-0.4, -0.2) is 9.78 Å². The largest absolute Gasteiger partial charge is 0.275 e. The van der Waals surface area contributed by atoms with E-state index in [1.807, 2.05) is 31.6 Å². The van der Waals surface area contributed by atoms with Crippen LogP contribution < -0.4 is 11.3 Å². The van der Waals surface area contributed by atoms with Crippen LogP contribution in [0.3, 0.4) is 0 Å². The van der Waals surface area contributed by atoms with Crippen molar-refractivity contribution in [2.75, 3.05) is 0 Å². The summed E-state index contributed by atoms with van der Waals surface area (Å²) in [7, 11) is 1.90. The molecule has 0 spiro atoms. The van der Waals surface area contributed by atoms with Crippen LogP contribution in [0.4, 0.5) is 0 Å². The summed E-state index contributed by atoms with van der Waals surface area (Å²) >= 11 is 3.42. The molecule has 17 heavy (non-hydrogen) atoms. The molecular formula is C12H15BrN4. The first-order chi connectivity index (χ1) is 8.19. The third-order valence-corrected chi connectivity index (χ3v) is 3.21. The third kappa shape index (κ3) is 3.15. The summed E-state index contributed by atoms with van der Waals surface area (Å²) in [5, 5.41) is 4.15. The molecule has 1 aromatic carbocycles. The Bertz CT molecular complexity index is 478. The van der Waals surface area contributed by atoms with Crippen molar-refractivity contribution in [3.05, 3.63) is 52.3 Å². The average molecular weight is 295 g/mol. The topological polar surface area (TPSA) is 55.9 Å². The first-order valence-electron chi connectivity index (χ1n) is 5.38. The summed E-state index contributed by atoms with van der Waals surface area (Å²) in [6.45, 7) is 0. The summed E-state index contributed by atoms with van der Waals surface area (Å²) in [6.07, 6.45) is 4.66. The molecule has 5 heteroatoms. The van der Waals surface area contributed by atoms with Crippen LogP contribution in [0.5, 0.6) is 0 Å². The average Bonchev–Trinajstić information content (AvgIpc) is 2.75. The molecule has 0 aliphatic heterocycles. The van der Waals surface area contributed by atoms with Gasteiger partial charge in [-0.15, -0.1) is 0 Å². The van der Waals surface area contributed by atoms with Crippen molar-refractivity contribution in [1.29, 1.82) is 0 Å². The van der Waals surface area contributed by atoms with Crippen molar-refractivity contribution in [2.24, 2.45) is 12.9 Å². The summed E-state index contributed by atoms with van der Waals surface area (Å²) in [5.41, 5.74) is 5.16. The zero-order chi connectivity index (χ0) is 12.3. The highest BCUT2D eigenvalue weighted by molar-refractivity contribution is 9.10. The Balaban J connectivity index is 2.12. The van der Waals surface area contributed by atoms with E-state index in [-0.39, 0.29) is 6.04 Å². The molecule has 0 bridgehead atoms. The van der Waals surface area contributed by atoms with E-state index in [1.54, 1.807) is 4.68 Å². The summed E-state index contributed by atoms with van der Waals surface area (Å²) in [6, 6.07) is 8.33. The molecule has 3 N–H and O–H groups in total. The highest BCUT2D eigenvalue weighted by Gasteiger charge is 2.12. The molecule has 0 aliphatic rings. The lowest BCUT2D eigenvalue weighted by atomic mass is 10.0. The standard InChI is InChI=1S/C12H15BrN4/c1-17-8-10(7-15-17)12(16-14)6-9-2-4-11(13)5-3-9/h2-5,7-8,12,16H,6,14H2,1H3. The Kier molecular flexibility index (Phi) is 3.93. The minimum absolute atomic E-state index is 0.0878. The van der Waals surface area contributed by atoms with Crippen molar-refractivity contribution in [3.63, 3.8) is 0 Å². The van der Waals surface area contributed by atoms with Gasteiger partial charge in [0, 0.05) is 23.3 Å². The number of nitrogens with two attached hydrogens (primary N) is 1. The van der Waals surface area contributed by atoms with Crippen LogP contribution in [0.25, 0.3) is 0 Å². The van der Waals surface area contributed by atoms with Gasteiger partial charge in [-0.25, -0.2) is 0 Å². The van der Waals surface area contributed by atoms with Gasteiger partial charge in [-0.2, -0.15) is 5.10 Å². The number of hydrazine groups is 1. The molecule has 2 aromatic rings. The second-order valence-electron chi connectivity index (χ2n) is 4.00. The van der Waals surface area contributed by atoms with Crippen LogP contribution >= 0.6 is 15.9 Å². The lowest BCUT2D eigenvalue weighted by Crippen LogP contribution is -2.29. The molecule has 1 atom stereocenters. The molecule has 0 saturated heterocycles. The van der Waals surface area contributed by atoms with Crippen LogP contribution in [-0.2, 0) is 13.5 Å². The van der Waals surface area contributed by atoms with Crippen LogP contribution in [0.15, 0.2) is 41.1 Å². The van der Waals surface area contributed by atoms with E-state index in [1.165, 1.54) is 5.56 Å². The van der Waals surface area contributed by atoms with E-state index in [4.69, 9.17) is 5.84 Å². The lowest BCUT2D eigenvalue weighted by Gasteiger charge is -2.14. The van der Waals surface area contributed by atoms with E-state index >= 15 is 0 Å². The highest BCUT2D eigenvalue weighted by Crippen LogP contribution is 2.18.